The quantitative estimate of drug-likeness (QED) is 0.122. The second-order valence-electron chi connectivity index (χ2n) is 7.01. The molecular weight excluding hydrogens is 420 g/mol. The first-order valence-corrected chi connectivity index (χ1v) is 11.4. The Morgan fingerprint density at radius 2 is 1.00 bits per heavy atom. The summed E-state index contributed by atoms with van der Waals surface area (Å²) in [5.74, 6) is -0.569. The van der Waals surface area contributed by atoms with Gasteiger partial charge in [0.05, 0.1) is 66.1 Å². The Hall–Kier alpha value is -1.52. The van der Waals surface area contributed by atoms with E-state index in [1.165, 1.54) is 0 Å². The SMILES string of the molecule is C=C(C)C(=O)OCCOCCOCCOCCOCCOCCOC(=O)CCCCCC. The van der Waals surface area contributed by atoms with E-state index in [-0.39, 0.29) is 19.2 Å². The molecule has 0 saturated carbocycles. The molecule has 0 aliphatic rings. The number of ether oxygens (including phenoxy) is 7. The molecule has 0 saturated heterocycles. The van der Waals surface area contributed by atoms with E-state index in [2.05, 4.69) is 13.5 Å². The van der Waals surface area contributed by atoms with Crippen LogP contribution in [-0.2, 0) is 42.7 Å². The maximum absolute atomic E-state index is 11.5. The fourth-order valence-corrected chi connectivity index (χ4v) is 2.28. The highest BCUT2D eigenvalue weighted by Crippen LogP contribution is 2.03. The fourth-order valence-electron chi connectivity index (χ4n) is 2.28. The summed E-state index contributed by atoms with van der Waals surface area (Å²) in [4.78, 5) is 22.6. The van der Waals surface area contributed by atoms with E-state index in [0.29, 0.717) is 78.1 Å². The first kappa shape index (κ1) is 30.5. The number of carbonyl (C=O) groups is 2. The molecule has 0 radical (unpaired) electrons. The first-order chi connectivity index (χ1) is 15.6. The van der Waals surface area contributed by atoms with Gasteiger partial charge in [-0.1, -0.05) is 32.8 Å². The molecule has 0 aromatic carbocycles. The molecule has 188 valence electrons. The lowest BCUT2D eigenvalue weighted by atomic mass is 10.2. The number of hydrogen-bond donors (Lipinski definition) is 0. The van der Waals surface area contributed by atoms with E-state index in [1.807, 2.05) is 0 Å². The van der Waals surface area contributed by atoms with Gasteiger partial charge in [0.1, 0.15) is 13.2 Å². The molecule has 0 N–H and O–H groups in total. The standard InChI is InChI=1S/C23H42O9/c1-4-5-6-7-8-22(24)31-19-17-29-15-13-27-11-9-26-10-12-28-14-16-30-18-20-32-23(25)21(2)3/h2,4-20H2,1,3H3. The number of esters is 2. The predicted molar refractivity (Wildman–Crippen MR) is 120 cm³/mol. The van der Waals surface area contributed by atoms with Gasteiger partial charge in [0.2, 0.25) is 0 Å². The first-order valence-electron chi connectivity index (χ1n) is 11.4. The summed E-state index contributed by atoms with van der Waals surface area (Å²) in [5.41, 5.74) is 0.370. The minimum atomic E-state index is -0.412. The highest BCUT2D eigenvalue weighted by Gasteiger charge is 2.03. The molecule has 0 aliphatic carbocycles. The van der Waals surface area contributed by atoms with Crippen LogP contribution in [0.3, 0.4) is 0 Å². The molecule has 9 nitrogen and oxygen atoms in total. The lowest BCUT2D eigenvalue weighted by Crippen LogP contribution is -2.15. The van der Waals surface area contributed by atoms with Crippen molar-refractivity contribution in [2.24, 2.45) is 0 Å². The summed E-state index contributed by atoms with van der Waals surface area (Å²) in [6, 6.07) is 0. The lowest BCUT2D eigenvalue weighted by Gasteiger charge is -2.08. The van der Waals surface area contributed by atoms with Gasteiger partial charge in [-0.3, -0.25) is 4.79 Å². The van der Waals surface area contributed by atoms with Crippen molar-refractivity contribution in [2.75, 3.05) is 79.3 Å². The summed E-state index contributed by atoms with van der Waals surface area (Å²) in [6.07, 6.45) is 4.76. The van der Waals surface area contributed by atoms with Crippen molar-refractivity contribution in [3.8, 4) is 0 Å². The third-order valence-corrected chi connectivity index (χ3v) is 4.02. The number of unbranched alkanes of at least 4 members (excludes halogenated alkanes) is 3. The minimum absolute atomic E-state index is 0.156. The van der Waals surface area contributed by atoms with E-state index in [1.54, 1.807) is 6.92 Å². The van der Waals surface area contributed by atoms with E-state index in [4.69, 9.17) is 33.2 Å². The van der Waals surface area contributed by atoms with Gasteiger partial charge in [-0.05, 0) is 13.3 Å². The Morgan fingerprint density at radius 3 is 1.41 bits per heavy atom. The van der Waals surface area contributed by atoms with Crippen molar-refractivity contribution < 1.29 is 42.7 Å². The molecule has 0 aromatic rings. The van der Waals surface area contributed by atoms with Crippen molar-refractivity contribution in [1.82, 2.24) is 0 Å². The highest BCUT2D eigenvalue weighted by atomic mass is 16.6. The second-order valence-corrected chi connectivity index (χ2v) is 7.01. The average molecular weight is 463 g/mol. The third kappa shape index (κ3) is 23.1. The van der Waals surface area contributed by atoms with Gasteiger partial charge < -0.3 is 33.2 Å². The van der Waals surface area contributed by atoms with Crippen molar-refractivity contribution in [3.05, 3.63) is 12.2 Å². The van der Waals surface area contributed by atoms with E-state index in [0.717, 1.165) is 25.7 Å². The molecule has 0 spiro atoms. The van der Waals surface area contributed by atoms with Crippen LogP contribution in [-0.4, -0.2) is 91.2 Å². The van der Waals surface area contributed by atoms with Gasteiger partial charge in [-0.25, -0.2) is 4.79 Å². The van der Waals surface area contributed by atoms with Gasteiger partial charge in [-0.2, -0.15) is 0 Å². The van der Waals surface area contributed by atoms with Gasteiger partial charge in [0.25, 0.3) is 0 Å². The number of hydrogen-bond acceptors (Lipinski definition) is 9. The molecule has 0 atom stereocenters. The van der Waals surface area contributed by atoms with Crippen LogP contribution < -0.4 is 0 Å². The molecule has 0 amide bonds. The summed E-state index contributed by atoms with van der Waals surface area (Å²) < 4.78 is 36.8. The second kappa shape index (κ2) is 24.1. The zero-order valence-corrected chi connectivity index (χ0v) is 19.9. The molecule has 0 rings (SSSR count). The topological polar surface area (TPSA) is 98.8 Å². The van der Waals surface area contributed by atoms with Gasteiger partial charge in [0, 0.05) is 12.0 Å². The minimum Gasteiger partial charge on any atom is -0.463 e. The van der Waals surface area contributed by atoms with Gasteiger partial charge >= 0.3 is 11.9 Å². The van der Waals surface area contributed by atoms with Gasteiger partial charge in [-0.15, -0.1) is 0 Å². The van der Waals surface area contributed by atoms with E-state index < -0.39 is 5.97 Å². The highest BCUT2D eigenvalue weighted by molar-refractivity contribution is 5.86. The monoisotopic (exact) mass is 462 g/mol. The van der Waals surface area contributed by atoms with Crippen LogP contribution in [0.5, 0.6) is 0 Å². The molecule has 0 heterocycles. The Morgan fingerprint density at radius 1 is 0.594 bits per heavy atom. The molecule has 0 aliphatic heterocycles. The number of rotatable bonds is 24. The maximum Gasteiger partial charge on any atom is 0.333 e. The average Bonchev–Trinajstić information content (AvgIpc) is 2.78. The summed E-state index contributed by atoms with van der Waals surface area (Å²) in [7, 11) is 0. The summed E-state index contributed by atoms with van der Waals surface area (Å²) >= 11 is 0. The largest absolute Gasteiger partial charge is 0.463 e. The van der Waals surface area contributed by atoms with Crippen LogP contribution in [0.2, 0.25) is 0 Å². The molecule has 32 heavy (non-hydrogen) atoms. The lowest BCUT2D eigenvalue weighted by molar-refractivity contribution is -0.145. The van der Waals surface area contributed by atoms with Crippen molar-refractivity contribution in [1.29, 1.82) is 0 Å². The Balaban J connectivity index is 3.14. The zero-order valence-electron chi connectivity index (χ0n) is 19.9. The maximum atomic E-state index is 11.5. The smallest absolute Gasteiger partial charge is 0.333 e. The van der Waals surface area contributed by atoms with E-state index in [9.17, 15) is 9.59 Å². The molecule has 0 aromatic heterocycles. The van der Waals surface area contributed by atoms with Crippen LogP contribution in [0, 0.1) is 0 Å². The van der Waals surface area contributed by atoms with Crippen molar-refractivity contribution in [3.63, 3.8) is 0 Å². The molecular formula is C23H42O9. The summed E-state index contributed by atoms with van der Waals surface area (Å²) in [6.45, 7) is 12.1. The van der Waals surface area contributed by atoms with Crippen LogP contribution >= 0.6 is 0 Å². The number of carbonyl (C=O) groups excluding carboxylic acids is 2. The fraction of sp³-hybridized carbons (Fsp3) is 0.826. The Bertz CT molecular complexity index is 468. The van der Waals surface area contributed by atoms with Crippen LogP contribution in [0.15, 0.2) is 12.2 Å². The zero-order chi connectivity index (χ0) is 23.7. The van der Waals surface area contributed by atoms with Crippen LogP contribution in [0.1, 0.15) is 46.0 Å². The Kier molecular flexibility index (Phi) is 23.0. The van der Waals surface area contributed by atoms with Crippen LogP contribution in [0.25, 0.3) is 0 Å². The van der Waals surface area contributed by atoms with Crippen LogP contribution in [0.4, 0.5) is 0 Å². The third-order valence-electron chi connectivity index (χ3n) is 4.02. The molecule has 9 heteroatoms. The normalized spacial score (nSPS) is 10.8. The van der Waals surface area contributed by atoms with Crippen molar-refractivity contribution in [2.45, 2.75) is 46.0 Å². The molecule has 0 unspecified atom stereocenters. The van der Waals surface area contributed by atoms with Crippen molar-refractivity contribution >= 4 is 11.9 Å². The molecule has 0 fully saturated rings. The Labute approximate surface area is 192 Å². The van der Waals surface area contributed by atoms with E-state index >= 15 is 0 Å². The van der Waals surface area contributed by atoms with Gasteiger partial charge in [0.15, 0.2) is 0 Å². The molecule has 0 bridgehead atoms. The summed E-state index contributed by atoms with van der Waals surface area (Å²) in [5, 5.41) is 0. The predicted octanol–water partition coefficient (Wildman–Crippen LogP) is 2.70.